The SMILES string of the molecule is CC(C)(C)OC(=O)N1CCC(C(=O)O[C@H]2CC[C@@]3(C)C(C2)C(=O)C[C@@H]2[C@@H]3CC[C@]3(C)C(=O)CC[C@@H]23)CC1. The van der Waals surface area contributed by atoms with Gasteiger partial charge in [0.25, 0.3) is 0 Å². The lowest BCUT2D eigenvalue weighted by molar-refractivity contribution is -0.173. The lowest BCUT2D eigenvalue weighted by Crippen LogP contribution is -2.57. The molecule has 0 aromatic carbocycles. The Kier molecular flexibility index (Phi) is 6.76. The number of rotatable bonds is 2. The predicted molar refractivity (Wildman–Crippen MR) is 138 cm³/mol. The van der Waals surface area contributed by atoms with Gasteiger partial charge in [0.05, 0.1) is 5.92 Å². The summed E-state index contributed by atoms with van der Waals surface area (Å²) in [6.07, 6.45) is 7.13. The van der Waals surface area contributed by atoms with Gasteiger partial charge in [0, 0.05) is 37.3 Å². The molecule has 206 valence electrons. The van der Waals surface area contributed by atoms with Gasteiger partial charge in [-0.3, -0.25) is 14.4 Å². The molecule has 5 rings (SSSR count). The molecule has 37 heavy (non-hydrogen) atoms. The van der Waals surface area contributed by atoms with Gasteiger partial charge < -0.3 is 14.4 Å². The Hall–Kier alpha value is -1.92. The molecule has 7 nitrogen and oxygen atoms in total. The Bertz CT molecular complexity index is 962. The van der Waals surface area contributed by atoms with Crippen LogP contribution in [0, 0.1) is 40.4 Å². The number of carbonyl (C=O) groups is 4. The molecule has 1 saturated heterocycles. The van der Waals surface area contributed by atoms with Crippen LogP contribution in [0.1, 0.15) is 98.8 Å². The number of likely N-dealkylation sites (tertiary alicyclic amines) is 1. The van der Waals surface area contributed by atoms with Crippen LogP contribution < -0.4 is 0 Å². The summed E-state index contributed by atoms with van der Waals surface area (Å²) in [6, 6.07) is 0. The van der Waals surface area contributed by atoms with Gasteiger partial charge in [-0.2, -0.15) is 0 Å². The Morgan fingerprint density at radius 2 is 1.65 bits per heavy atom. The number of amides is 1. The minimum atomic E-state index is -0.537. The minimum absolute atomic E-state index is 0.0595. The maximum atomic E-state index is 13.5. The molecule has 1 amide bonds. The molecule has 7 heteroatoms. The smallest absolute Gasteiger partial charge is 0.410 e. The number of Topliss-reactive ketones (excluding diaryl/α,β-unsaturated/α-hetero) is 2. The maximum Gasteiger partial charge on any atom is 0.410 e. The quantitative estimate of drug-likeness (QED) is 0.462. The second-order valence-electron chi connectivity index (χ2n) is 14.1. The van der Waals surface area contributed by atoms with Crippen LogP contribution in [-0.4, -0.2) is 53.3 Å². The van der Waals surface area contributed by atoms with E-state index in [1.165, 1.54) is 0 Å². The summed E-state index contributed by atoms with van der Waals surface area (Å²) in [7, 11) is 0. The molecule has 5 aliphatic rings. The van der Waals surface area contributed by atoms with Crippen molar-refractivity contribution in [3.05, 3.63) is 0 Å². The number of ether oxygens (including phenoxy) is 2. The van der Waals surface area contributed by atoms with Gasteiger partial charge in [0.15, 0.2) is 0 Å². The van der Waals surface area contributed by atoms with Gasteiger partial charge in [-0.1, -0.05) is 13.8 Å². The minimum Gasteiger partial charge on any atom is -0.462 e. The first-order chi connectivity index (χ1) is 17.3. The Labute approximate surface area is 221 Å². The number of carbonyl (C=O) groups excluding carboxylic acids is 4. The number of piperidine rings is 1. The standard InChI is InChI=1S/C30H45NO6/c1-28(2,3)37-27(35)31-14-10-18(11-15-31)26(34)36-19-8-12-29(4)22-9-13-30(5)21(6-7-25(30)33)20(22)17-24(32)23(29)16-19/h18-23H,6-17H2,1-5H3/t19-,20-,21-,22-,23?,29+,30-/m0/s1. The van der Waals surface area contributed by atoms with Gasteiger partial charge in [-0.15, -0.1) is 0 Å². The highest BCUT2D eigenvalue weighted by atomic mass is 16.6. The van der Waals surface area contributed by atoms with Crippen molar-refractivity contribution >= 4 is 23.6 Å². The molecular formula is C30H45NO6. The fraction of sp³-hybridized carbons (Fsp3) is 0.867. The Morgan fingerprint density at radius 1 is 0.946 bits per heavy atom. The highest BCUT2D eigenvalue weighted by Crippen LogP contribution is 2.64. The highest BCUT2D eigenvalue weighted by molar-refractivity contribution is 5.88. The third-order valence-corrected chi connectivity index (χ3v) is 10.9. The van der Waals surface area contributed by atoms with Crippen molar-refractivity contribution in [1.29, 1.82) is 0 Å². The van der Waals surface area contributed by atoms with Crippen LogP contribution in [0.4, 0.5) is 4.79 Å². The van der Waals surface area contributed by atoms with E-state index < -0.39 is 5.60 Å². The Balaban J connectivity index is 1.17. The van der Waals surface area contributed by atoms with Crippen LogP contribution in [0.2, 0.25) is 0 Å². The van der Waals surface area contributed by atoms with Crippen LogP contribution >= 0.6 is 0 Å². The van der Waals surface area contributed by atoms with Crippen molar-refractivity contribution in [3.63, 3.8) is 0 Å². The van der Waals surface area contributed by atoms with Crippen LogP contribution in [0.15, 0.2) is 0 Å². The zero-order chi connectivity index (χ0) is 26.8. The normalized spacial score (nSPS) is 40.5. The molecule has 4 aliphatic carbocycles. The lowest BCUT2D eigenvalue weighted by Gasteiger charge is -2.59. The first kappa shape index (κ1) is 26.7. The average Bonchev–Trinajstić information content (AvgIpc) is 3.13. The largest absolute Gasteiger partial charge is 0.462 e. The Morgan fingerprint density at radius 3 is 2.32 bits per heavy atom. The average molecular weight is 516 g/mol. The predicted octanol–water partition coefficient (Wildman–Crippen LogP) is 5.34. The van der Waals surface area contributed by atoms with Gasteiger partial charge in [-0.25, -0.2) is 4.79 Å². The number of fused-ring (bicyclic) bond motifs is 5. The van der Waals surface area contributed by atoms with Crippen molar-refractivity contribution in [2.75, 3.05) is 13.1 Å². The zero-order valence-corrected chi connectivity index (χ0v) is 23.3. The molecule has 0 bridgehead atoms. The van der Waals surface area contributed by atoms with Crippen molar-refractivity contribution in [2.24, 2.45) is 40.4 Å². The molecule has 1 heterocycles. The van der Waals surface area contributed by atoms with E-state index in [0.717, 1.165) is 32.1 Å². The van der Waals surface area contributed by atoms with Crippen molar-refractivity contribution < 1.29 is 28.7 Å². The highest BCUT2D eigenvalue weighted by Gasteiger charge is 2.62. The second kappa shape index (κ2) is 9.37. The van der Waals surface area contributed by atoms with Gasteiger partial charge in [0.2, 0.25) is 0 Å². The molecule has 4 saturated carbocycles. The maximum absolute atomic E-state index is 13.5. The summed E-state index contributed by atoms with van der Waals surface area (Å²) in [5, 5.41) is 0. The molecule has 0 N–H and O–H groups in total. The van der Waals surface area contributed by atoms with Gasteiger partial charge in [0.1, 0.15) is 23.3 Å². The number of ketones is 2. The van der Waals surface area contributed by atoms with Crippen molar-refractivity contribution in [1.82, 2.24) is 4.90 Å². The molecule has 1 unspecified atom stereocenters. The van der Waals surface area contributed by atoms with E-state index >= 15 is 0 Å². The van der Waals surface area contributed by atoms with E-state index in [0.29, 0.717) is 74.5 Å². The molecule has 1 aliphatic heterocycles. The van der Waals surface area contributed by atoms with Crippen LogP contribution in [0.5, 0.6) is 0 Å². The fourth-order valence-electron chi connectivity index (χ4n) is 8.77. The molecule has 0 aromatic rings. The van der Waals surface area contributed by atoms with E-state index in [9.17, 15) is 19.2 Å². The summed E-state index contributed by atoms with van der Waals surface area (Å²) in [4.78, 5) is 53.2. The van der Waals surface area contributed by atoms with Gasteiger partial charge >= 0.3 is 12.1 Å². The summed E-state index contributed by atoms with van der Waals surface area (Å²) in [5.41, 5.74) is -0.824. The third-order valence-electron chi connectivity index (χ3n) is 10.9. The van der Waals surface area contributed by atoms with Crippen LogP contribution in [0.25, 0.3) is 0 Å². The number of hydrogen-bond donors (Lipinski definition) is 0. The summed E-state index contributed by atoms with van der Waals surface area (Å²) < 4.78 is 11.5. The van der Waals surface area contributed by atoms with Crippen LogP contribution in [-0.2, 0) is 23.9 Å². The van der Waals surface area contributed by atoms with Crippen molar-refractivity contribution in [2.45, 2.75) is 111 Å². The monoisotopic (exact) mass is 515 g/mol. The first-order valence-electron chi connectivity index (χ1n) is 14.6. The fourth-order valence-corrected chi connectivity index (χ4v) is 8.77. The second-order valence-corrected chi connectivity index (χ2v) is 14.1. The molecule has 0 aromatic heterocycles. The number of nitrogens with zero attached hydrogens (tertiary/aromatic N) is 1. The van der Waals surface area contributed by atoms with Gasteiger partial charge in [-0.05, 0) is 95.3 Å². The molecular weight excluding hydrogens is 470 g/mol. The van der Waals surface area contributed by atoms with E-state index in [2.05, 4.69) is 13.8 Å². The van der Waals surface area contributed by atoms with E-state index in [-0.39, 0.29) is 40.8 Å². The molecule has 5 fully saturated rings. The molecule has 0 spiro atoms. The topological polar surface area (TPSA) is 90.0 Å². The van der Waals surface area contributed by atoms with E-state index in [1.807, 2.05) is 20.8 Å². The zero-order valence-electron chi connectivity index (χ0n) is 23.3. The molecule has 7 atom stereocenters. The van der Waals surface area contributed by atoms with Crippen LogP contribution in [0.3, 0.4) is 0 Å². The first-order valence-corrected chi connectivity index (χ1v) is 14.6. The summed E-state index contributed by atoms with van der Waals surface area (Å²) >= 11 is 0. The number of esters is 1. The molecule has 0 radical (unpaired) electrons. The summed E-state index contributed by atoms with van der Waals surface area (Å²) in [6.45, 7) is 11.0. The lowest BCUT2D eigenvalue weighted by atomic mass is 9.45. The van der Waals surface area contributed by atoms with Crippen molar-refractivity contribution in [3.8, 4) is 0 Å². The summed E-state index contributed by atoms with van der Waals surface area (Å²) in [5.74, 6) is 1.42. The third kappa shape index (κ3) is 4.73. The van der Waals surface area contributed by atoms with E-state index in [1.54, 1.807) is 4.90 Å². The van der Waals surface area contributed by atoms with E-state index in [4.69, 9.17) is 9.47 Å². The number of hydrogen-bond acceptors (Lipinski definition) is 6.